The highest BCUT2D eigenvalue weighted by atomic mass is 32.2. The molecule has 2 rings (SSSR count). The monoisotopic (exact) mass is 314 g/mol. The molecule has 0 atom stereocenters. The van der Waals surface area contributed by atoms with Crippen molar-refractivity contribution in [3.8, 4) is 11.4 Å². The Balaban J connectivity index is 2.88. The molecule has 0 saturated carbocycles. The number of aromatic hydroxyl groups is 1. The van der Waals surface area contributed by atoms with E-state index in [0.717, 1.165) is 10.7 Å². The lowest BCUT2D eigenvalue weighted by atomic mass is 10.1. The third kappa shape index (κ3) is 2.66. The number of aromatic carboxylic acids is 1. The van der Waals surface area contributed by atoms with E-state index in [0.29, 0.717) is 11.8 Å². The fraction of sp³-hybridized carbons (Fsp3) is 0.0909. The molecule has 112 valence electrons. The number of aromatic amines is 1. The summed E-state index contributed by atoms with van der Waals surface area (Å²) < 4.78 is 32.2. The largest absolute Gasteiger partial charge is 0.505 e. The van der Waals surface area contributed by atoms with Crippen molar-refractivity contribution in [3.05, 3.63) is 39.8 Å². The van der Waals surface area contributed by atoms with Crippen LogP contribution < -0.4 is 5.56 Å². The Bertz CT molecular complexity index is 892. The molecule has 0 aliphatic rings. The zero-order valence-corrected chi connectivity index (χ0v) is 11.4. The summed E-state index contributed by atoms with van der Waals surface area (Å²) in [6.45, 7) is 1.54. The average molecular weight is 314 g/mol. The molecule has 1 heterocycles. The molecule has 0 aliphatic heterocycles. The quantitative estimate of drug-likeness (QED) is 0.588. The van der Waals surface area contributed by atoms with E-state index >= 15 is 0 Å². The van der Waals surface area contributed by atoms with Gasteiger partial charge in [0, 0.05) is 11.8 Å². The highest BCUT2D eigenvalue weighted by molar-refractivity contribution is 7.85. The Morgan fingerprint density at radius 3 is 2.33 bits per heavy atom. The van der Waals surface area contributed by atoms with Crippen LogP contribution in [0.5, 0.6) is 5.75 Å². The van der Waals surface area contributed by atoms with Crippen LogP contribution in [0, 0.1) is 6.92 Å². The molecule has 1 aromatic heterocycles. The maximum atomic E-state index is 11.7. The number of carboxylic acid groups (broad SMARTS) is 1. The van der Waals surface area contributed by atoms with Gasteiger partial charge in [-0.1, -0.05) is 0 Å². The molecule has 0 radical (unpaired) electrons. The van der Waals surface area contributed by atoms with Crippen molar-refractivity contribution in [2.24, 2.45) is 0 Å². The topological polar surface area (TPSA) is 150 Å². The van der Waals surface area contributed by atoms with Crippen LogP contribution in [-0.4, -0.2) is 38.9 Å². The number of benzene rings is 1. The van der Waals surface area contributed by atoms with E-state index in [1.54, 1.807) is 6.92 Å². The number of aryl methyl sites for hydroxylation is 1. The fourth-order valence-electron chi connectivity index (χ4n) is 1.77. The smallest absolute Gasteiger partial charge is 0.339 e. The molecule has 21 heavy (non-hydrogen) atoms. The predicted molar refractivity (Wildman–Crippen MR) is 69.6 cm³/mol. The van der Waals surface area contributed by atoms with Gasteiger partial charge in [-0.2, -0.15) is 8.42 Å². The predicted octanol–water partition coefficient (Wildman–Crippen LogP) is 0.125. The van der Waals surface area contributed by atoms with Crippen molar-refractivity contribution in [3.63, 3.8) is 0 Å². The zero-order chi connectivity index (χ0) is 15.9. The summed E-state index contributed by atoms with van der Waals surface area (Å²) >= 11 is 0. The maximum Gasteiger partial charge on any atom is 0.339 e. The summed E-state index contributed by atoms with van der Waals surface area (Å²) in [4.78, 5) is 22.0. The summed E-state index contributed by atoms with van der Waals surface area (Å²) in [6.07, 6.45) is 0. The first-order valence-corrected chi connectivity index (χ1v) is 6.92. The summed E-state index contributed by atoms with van der Waals surface area (Å²) in [5, 5.41) is 21.4. The number of H-pyrrole nitrogens is 1. The van der Waals surface area contributed by atoms with Gasteiger partial charge in [0.25, 0.3) is 15.7 Å². The van der Waals surface area contributed by atoms with Gasteiger partial charge in [-0.3, -0.25) is 14.4 Å². The van der Waals surface area contributed by atoms with E-state index < -0.39 is 43.5 Å². The second-order valence-corrected chi connectivity index (χ2v) is 5.65. The minimum absolute atomic E-state index is 0.402. The number of aromatic nitrogens is 2. The van der Waals surface area contributed by atoms with Gasteiger partial charge in [-0.05, 0) is 19.1 Å². The number of carboxylic acids is 1. The van der Waals surface area contributed by atoms with Crippen LogP contribution in [0.3, 0.4) is 0 Å². The van der Waals surface area contributed by atoms with Gasteiger partial charge < -0.3 is 10.2 Å². The zero-order valence-electron chi connectivity index (χ0n) is 10.6. The molecule has 4 N–H and O–H groups in total. The van der Waals surface area contributed by atoms with E-state index in [1.165, 1.54) is 6.07 Å². The van der Waals surface area contributed by atoms with Gasteiger partial charge in [0.05, 0.1) is 4.90 Å². The van der Waals surface area contributed by atoms with Crippen molar-refractivity contribution in [1.82, 2.24) is 9.78 Å². The van der Waals surface area contributed by atoms with Crippen molar-refractivity contribution in [2.75, 3.05) is 0 Å². The summed E-state index contributed by atoms with van der Waals surface area (Å²) in [7, 11) is -4.72. The van der Waals surface area contributed by atoms with Gasteiger partial charge in [0.15, 0.2) is 5.75 Å². The number of nitrogens with zero attached hydrogens (tertiary/aromatic N) is 1. The highest BCUT2D eigenvalue weighted by Gasteiger charge is 2.22. The summed E-state index contributed by atoms with van der Waals surface area (Å²) in [5.41, 5.74) is -1.39. The number of hydrogen-bond acceptors (Lipinski definition) is 5. The van der Waals surface area contributed by atoms with E-state index in [2.05, 4.69) is 5.10 Å². The molecule has 9 nitrogen and oxygen atoms in total. The number of carbonyl (C=O) groups is 1. The lowest BCUT2D eigenvalue weighted by Crippen LogP contribution is -2.16. The van der Waals surface area contributed by atoms with Crippen LogP contribution in [0.1, 0.15) is 16.1 Å². The molecule has 2 aromatic rings. The Kier molecular flexibility index (Phi) is 3.35. The number of nitrogens with one attached hydrogen (secondary N) is 1. The third-order valence-electron chi connectivity index (χ3n) is 2.68. The van der Waals surface area contributed by atoms with Gasteiger partial charge in [0.1, 0.15) is 11.3 Å². The summed E-state index contributed by atoms with van der Waals surface area (Å²) in [5.74, 6) is -2.42. The van der Waals surface area contributed by atoms with Crippen LogP contribution in [0.15, 0.2) is 27.9 Å². The first-order valence-electron chi connectivity index (χ1n) is 5.48. The molecule has 0 fully saturated rings. The Morgan fingerprint density at radius 1 is 1.29 bits per heavy atom. The number of hydrogen-bond donors (Lipinski definition) is 4. The standard InChI is InChI=1S/C11H10N2O7S/c1-5-2-9(14)13(12-5)8-4-6(21(18,19)20)3-7(10(8)15)11(16)17/h2-4,12,15H,1H3,(H,16,17)(H,18,19,20). The van der Waals surface area contributed by atoms with Gasteiger partial charge in [-0.15, -0.1) is 0 Å². The van der Waals surface area contributed by atoms with Crippen LogP contribution in [0.25, 0.3) is 5.69 Å². The van der Waals surface area contributed by atoms with E-state index in [1.807, 2.05) is 0 Å². The van der Waals surface area contributed by atoms with Crippen LogP contribution >= 0.6 is 0 Å². The molecule has 1 aromatic carbocycles. The summed E-state index contributed by atoms with van der Waals surface area (Å²) in [6, 6.07) is 2.55. The molecule has 0 unspecified atom stereocenters. The molecule has 0 amide bonds. The Labute approximate surface area is 117 Å². The second-order valence-electron chi connectivity index (χ2n) is 4.23. The van der Waals surface area contributed by atoms with Crippen molar-refractivity contribution >= 4 is 16.1 Å². The van der Waals surface area contributed by atoms with Crippen molar-refractivity contribution < 1.29 is 28.0 Å². The minimum Gasteiger partial charge on any atom is -0.505 e. The molecule has 0 saturated heterocycles. The molecule has 0 aliphatic carbocycles. The van der Waals surface area contributed by atoms with Crippen molar-refractivity contribution in [1.29, 1.82) is 0 Å². The van der Waals surface area contributed by atoms with Gasteiger partial charge in [0.2, 0.25) is 0 Å². The third-order valence-corrected chi connectivity index (χ3v) is 3.51. The maximum absolute atomic E-state index is 11.7. The fourth-order valence-corrected chi connectivity index (χ4v) is 2.30. The average Bonchev–Trinajstić information content (AvgIpc) is 2.66. The van der Waals surface area contributed by atoms with E-state index in [-0.39, 0.29) is 0 Å². The second kappa shape index (κ2) is 4.75. The first-order chi connectivity index (χ1) is 9.61. The highest BCUT2D eigenvalue weighted by Crippen LogP contribution is 2.29. The molecule has 0 spiro atoms. The number of phenols is 1. The van der Waals surface area contributed by atoms with E-state index in [4.69, 9.17) is 9.66 Å². The SMILES string of the molecule is Cc1cc(=O)n(-c2cc(S(=O)(=O)O)cc(C(=O)O)c2O)[nH]1. The normalized spacial score (nSPS) is 11.5. The molecule has 10 heteroatoms. The number of rotatable bonds is 3. The van der Waals surface area contributed by atoms with Crippen molar-refractivity contribution in [2.45, 2.75) is 11.8 Å². The lowest BCUT2D eigenvalue weighted by molar-refractivity contribution is 0.0693. The Hall–Kier alpha value is -2.59. The van der Waals surface area contributed by atoms with Crippen LogP contribution in [0.2, 0.25) is 0 Å². The minimum atomic E-state index is -4.72. The molecular weight excluding hydrogens is 304 g/mol. The molecule has 0 bridgehead atoms. The van der Waals surface area contributed by atoms with Crippen LogP contribution in [-0.2, 0) is 10.1 Å². The lowest BCUT2D eigenvalue weighted by Gasteiger charge is -2.10. The first kappa shape index (κ1) is 14.8. The molecular formula is C11H10N2O7S. The van der Waals surface area contributed by atoms with E-state index in [9.17, 15) is 23.1 Å². The van der Waals surface area contributed by atoms with Crippen LogP contribution in [0.4, 0.5) is 0 Å². The Morgan fingerprint density at radius 2 is 1.90 bits per heavy atom. The van der Waals surface area contributed by atoms with Gasteiger partial charge >= 0.3 is 5.97 Å². The van der Waals surface area contributed by atoms with Gasteiger partial charge in [-0.25, -0.2) is 9.48 Å².